The predicted octanol–water partition coefficient (Wildman–Crippen LogP) is 0.290. The lowest BCUT2D eigenvalue weighted by Gasteiger charge is -2.37. The molecule has 0 aromatic heterocycles. The van der Waals surface area contributed by atoms with Crippen molar-refractivity contribution in [3.05, 3.63) is 0 Å². The Morgan fingerprint density at radius 2 is 2.12 bits per heavy atom. The Kier molecular flexibility index (Phi) is 5.17. The molecule has 96 valence electrons. The van der Waals surface area contributed by atoms with E-state index >= 15 is 0 Å². The average Bonchev–Trinajstić information content (AvgIpc) is 2.24. The van der Waals surface area contributed by atoms with Gasteiger partial charge in [0.1, 0.15) is 0 Å². The Bertz CT molecular complexity index is 305. The van der Waals surface area contributed by atoms with Crippen molar-refractivity contribution in [1.82, 2.24) is 9.62 Å². The maximum atomic E-state index is 11.3. The fraction of sp³-hybridized carbons (Fsp3) is 1.00. The minimum Gasteiger partial charge on any atom is -0.314 e. The van der Waals surface area contributed by atoms with Crippen molar-refractivity contribution in [2.45, 2.75) is 39.2 Å². The van der Waals surface area contributed by atoms with Crippen molar-refractivity contribution in [3.63, 3.8) is 0 Å². The van der Waals surface area contributed by atoms with Crippen LogP contribution in [0.1, 0.15) is 33.1 Å². The molecule has 1 aliphatic heterocycles. The van der Waals surface area contributed by atoms with Crippen LogP contribution in [-0.4, -0.2) is 38.4 Å². The number of nitrogens with one attached hydrogen (secondary N) is 1. The molecular formula is C10H23N3O2S. The quantitative estimate of drug-likeness (QED) is 0.735. The molecule has 0 spiro atoms. The zero-order chi connectivity index (χ0) is 12.2. The summed E-state index contributed by atoms with van der Waals surface area (Å²) in [6.07, 6.45) is 2.94. The normalized spacial score (nSPS) is 28.2. The van der Waals surface area contributed by atoms with Crippen LogP contribution in [0.5, 0.6) is 0 Å². The van der Waals surface area contributed by atoms with Crippen LogP contribution in [0, 0.1) is 5.92 Å². The largest absolute Gasteiger partial charge is 0.314 e. The van der Waals surface area contributed by atoms with E-state index in [2.05, 4.69) is 19.2 Å². The van der Waals surface area contributed by atoms with E-state index in [9.17, 15) is 8.42 Å². The molecule has 16 heavy (non-hydrogen) atoms. The second-order valence-corrected chi connectivity index (χ2v) is 5.97. The van der Waals surface area contributed by atoms with Crippen LogP contribution in [-0.2, 0) is 10.2 Å². The van der Waals surface area contributed by atoms with Crippen molar-refractivity contribution in [2.24, 2.45) is 11.1 Å². The number of hydrogen-bond acceptors (Lipinski definition) is 3. The van der Waals surface area contributed by atoms with E-state index in [0.717, 1.165) is 25.8 Å². The number of rotatable bonds is 5. The third-order valence-electron chi connectivity index (χ3n) is 3.24. The SMILES string of the molecule is CCCNC1CCN(S(N)(=O)=O)CC1CC. The summed E-state index contributed by atoms with van der Waals surface area (Å²) in [6.45, 7) is 6.31. The number of hydrogen-bond donors (Lipinski definition) is 2. The molecule has 0 aromatic carbocycles. The first-order valence-electron chi connectivity index (χ1n) is 6.00. The minimum atomic E-state index is -3.51. The number of nitrogens with zero attached hydrogens (tertiary/aromatic N) is 1. The van der Waals surface area contributed by atoms with Gasteiger partial charge in [-0.2, -0.15) is 12.7 Å². The summed E-state index contributed by atoms with van der Waals surface area (Å²) in [4.78, 5) is 0. The van der Waals surface area contributed by atoms with Gasteiger partial charge in [-0.3, -0.25) is 0 Å². The molecule has 6 heteroatoms. The molecule has 0 saturated carbocycles. The molecule has 5 nitrogen and oxygen atoms in total. The smallest absolute Gasteiger partial charge is 0.276 e. The standard InChI is InChI=1S/C10H23N3O2S/c1-3-6-12-10-5-7-13(16(11,14)15)8-9(10)4-2/h9-10,12H,3-8H2,1-2H3,(H2,11,14,15). The summed E-state index contributed by atoms with van der Waals surface area (Å²) in [7, 11) is -3.51. The molecule has 1 heterocycles. The Hall–Kier alpha value is -0.170. The molecule has 1 aliphatic rings. The van der Waals surface area contributed by atoms with Gasteiger partial charge in [0.2, 0.25) is 0 Å². The van der Waals surface area contributed by atoms with Crippen molar-refractivity contribution in [1.29, 1.82) is 0 Å². The average molecular weight is 249 g/mol. The van der Waals surface area contributed by atoms with Crippen LogP contribution in [0.2, 0.25) is 0 Å². The Morgan fingerprint density at radius 1 is 1.44 bits per heavy atom. The highest BCUT2D eigenvalue weighted by Crippen LogP contribution is 2.21. The van der Waals surface area contributed by atoms with Gasteiger partial charge < -0.3 is 5.32 Å². The second-order valence-electron chi connectivity index (χ2n) is 4.42. The Balaban J connectivity index is 2.57. The zero-order valence-corrected chi connectivity index (χ0v) is 11.0. The molecule has 2 unspecified atom stereocenters. The molecule has 0 amide bonds. The van der Waals surface area contributed by atoms with Crippen LogP contribution in [0.4, 0.5) is 0 Å². The van der Waals surface area contributed by atoms with E-state index in [1.54, 1.807) is 0 Å². The van der Waals surface area contributed by atoms with E-state index in [1.807, 2.05) is 0 Å². The van der Waals surface area contributed by atoms with E-state index in [4.69, 9.17) is 5.14 Å². The van der Waals surface area contributed by atoms with Gasteiger partial charge in [-0.1, -0.05) is 20.3 Å². The lowest BCUT2D eigenvalue weighted by molar-refractivity contribution is 0.202. The molecule has 1 fully saturated rings. The van der Waals surface area contributed by atoms with E-state index in [0.29, 0.717) is 25.0 Å². The third-order valence-corrected chi connectivity index (χ3v) is 4.29. The minimum absolute atomic E-state index is 0.374. The molecule has 3 N–H and O–H groups in total. The molecule has 1 saturated heterocycles. The molecule has 0 aliphatic carbocycles. The predicted molar refractivity (Wildman–Crippen MR) is 65.2 cm³/mol. The molecular weight excluding hydrogens is 226 g/mol. The molecule has 0 bridgehead atoms. The van der Waals surface area contributed by atoms with Crippen LogP contribution in [0.3, 0.4) is 0 Å². The van der Waals surface area contributed by atoms with Crippen molar-refractivity contribution >= 4 is 10.2 Å². The van der Waals surface area contributed by atoms with Gasteiger partial charge in [-0.05, 0) is 25.3 Å². The van der Waals surface area contributed by atoms with Crippen LogP contribution < -0.4 is 10.5 Å². The highest BCUT2D eigenvalue weighted by Gasteiger charge is 2.31. The van der Waals surface area contributed by atoms with Crippen molar-refractivity contribution < 1.29 is 8.42 Å². The molecule has 1 rings (SSSR count). The summed E-state index contributed by atoms with van der Waals surface area (Å²) >= 11 is 0. The number of piperidine rings is 1. The Labute approximate surface area is 98.6 Å². The monoisotopic (exact) mass is 249 g/mol. The summed E-state index contributed by atoms with van der Waals surface area (Å²) in [5, 5.41) is 8.63. The fourth-order valence-corrected chi connectivity index (χ4v) is 3.00. The third kappa shape index (κ3) is 3.69. The maximum absolute atomic E-state index is 11.3. The zero-order valence-electron chi connectivity index (χ0n) is 10.1. The first-order valence-corrected chi connectivity index (χ1v) is 7.50. The van der Waals surface area contributed by atoms with Gasteiger partial charge in [0.05, 0.1) is 0 Å². The van der Waals surface area contributed by atoms with Crippen molar-refractivity contribution in [3.8, 4) is 0 Å². The fourth-order valence-electron chi connectivity index (χ4n) is 2.24. The summed E-state index contributed by atoms with van der Waals surface area (Å²) in [5.41, 5.74) is 0. The highest BCUT2D eigenvalue weighted by atomic mass is 32.2. The molecule has 0 aromatic rings. The van der Waals surface area contributed by atoms with Crippen LogP contribution in [0.25, 0.3) is 0 Å². The number of nitrogens with two attached hydrogens (primary N) is 1. The van der Waals surface area contributed by atoms with Gasteiger partial charge in [0.25, 0.3) is 10.2 Å². The lowest BCUT2D eigenvalue weighted by atomic mass is 9.91. The molecule has 0 radical (unpaired) electrons. The lowest BCUT2D eigenvalue weighted by Crippen LogP contribution is -2.52. The first kappa shape index (κ1) is 13.9. The summed E-state index contributed by atoms with van der Waals surface area (Å²) < 4.78 is 23.9. The van der Waals surface area contributed by atoms with Gasteiger partial charge in [-0.25, -0.2) is 5.14 Å². The summed E-state index contributed by atoms with van der Waals surface area (Å²) in [6, 6.07) is 0.433. The van der Waals surface area contributed by atoms with Crippen LogP contribution in [0.15, 0.2) is 0 Å². The van der Waals surface area contributed by atoms with Gasteiger partial charge in [-0.15, -0.1) is 0 Å². The Morgan fingerprint density at radius 3 is 2.62 bits per heavy atom. The maximum Gasteiger partial charge on any atom is 0.276 e. The van der Waals surface area contributed by atoms with Crippen molar-refractivity contribution in [2.75, 3.05) is 19.6 Å². The highest BCUT2D eigenvalue weighted by molar-refractivity contribution is 7.86. The van der Waals surface area contributed by atoms with Gasteiger partial charge >= 0.3 is 0 Å². The van der Waals surface area contributed by atoms with Gasteiger partial charge in [0.15, 0.2) is 0 Å². The van der Waals surface area contributed by atoms with E-state index < -0.39 is 10.2 Å². The van der Waals surface area contributed by atoms with E-state index in [1.165, 1.54) is 4.31 Å². The molecule has 2 atom stereocenters. The van der Waals surface area contributed by atoms with Gasteiger partial charge in [0, 0.05) is 19.1 Å². The second kappa shape index (κ2) is 5.95. The summed E-state index contributed by atoms with van der Waals surface area (Å²) in [5.74, 6) is 0.374. The first-order chi connectivity index (χ1) is 7.49. The van der Waals surface area contributed by atoms with Crippen LogP contribution >= 0.6 is 0 Å². The topological polar surface area (TPSA) is 75.4 Å². The van der Waals surface area contributed by atoms with E-state index in [-0.39, 0.29) is 0 Å².